The van der Waals surface area contributed by atoms with Crippen LogP contribution in [0, 0.1) is 6.92 Å². The second-order valence-corrected chi connectivity index (χ2v) is 14.2. The van der Waals surface area contributed by atoms with Gasteiger partial charge in [0.15, 0.2) is 0 Å². The molecular weight excluding hydrogens is 569 g/mol. The van der Waals surface area contributed by atoms with E-state index in [0.29, 0.717) is 0 Å². The van der Waals surface area contributed by atoms with Crippen molar-refractivity contribution in [3.8, 4) is 0 Å². The molecule has 0 aliphatic carbocycles. The zero-order chi connectivity index (χ0) is 33.5. The van der Waals surface area contributed by atoms with Gasteiger partial charge in [-0.1, -0.05) is 172 Å². The quantitative estimate of drug-likeness (QED) is 0.0725. The number of hydrogen-bond donors (Lipinski definition) is 0. The molecule has 0 aromatic heterocycles. The van der Waals surface area contributed by atoms with Gasteiger partial charge in [-0.25, -0.2) is 4.70 Å². The summed E-state index contributed by atoms with van der Waals surface area (Å²) in [4.78, 5) is 0. The van der Waals surface area contributed by atoms with Crippen LogP contribution in [0.1, 0.15) is 184 Å². The highest BCUT2D eigenvalue weighted by molar-refractivity contribution is 5.84. The van der Waals surface area contributed by atoms with Crippen molar-refractivity contribution in [3.05, 3.63) is 99.6 Å². The molecule has 3 rings (SSSR count). The van der Waals surface area contributed by atoms with E-state index in [1.165, 1.54) is 143 Å². The predicted octanol–water partition coefficient (Wildman–Crippen LogP) is 14.9. The predicted molar refractivity (Wildman–Crippen MR) is 207 cm³/mol. The average Bonchev–Trinajstić information content (AvgIpc) is 3.35. The third kappa shape index (κ3) is 13.7. The fourth-order valence-electron chi connectivity index (χ4n) is 7.06. The van der Waals surface area contributed by atoms with E-state index >= 15 is 0 Å². The summed E-state index contributed by atoms with van der Waals surface area (Å²) in [7, 11) is 0. The van der Waals surface area contributed by atoms with E-state index in [1.54, 1.807) is 0 Å². The van der Waals surface area contributed by atoms with Crippen molar-refractivity contribution >= 4 is 11.4 Å². The largest absolute Gasteiger partial charge is 0.493 e. The standard InChI is InChI=1S/C45H68N2/c1-5-8-11-13-15-16-17-18-19-20-21-22-24-26-35-43-42(34-10-7-3)44(40-32-27-29-38(4)36-40)47(46)45(43)41-33-28-31-39(37-41)30-25-23-14-12-9-6-2/h26-29,31-33,35-37H,5-25,30,34H2,1-4H3. The maximum Gasteiger partial charge on any atom is 0.215 e. The first-order chi connectivity index (χ1) is 23.1. The lowest BCUT2D eigenvalue weighted by Crippen LogP contribution is -2.03. The minimum absolute atomic E-state index is 0.948. The molecule has 2 aromatic carbocycles. The van der Waals surface area contributed by atoms with Crippen LogP contribution in [0.2, 0.25) is 0 Å². The van der Waals surface area contributed by atoms with Gasteiger partial charge >= 0.3 is 0 Å². The fourth-order valence-corrected chi connectivity index (χ4v) is 7.06. The van der Waals surface area contributed by atoms with E-state index in [2.05, 4.69) is 88.4 Å². The normalized spacial score (nSPS) is 13.6. The van der Waals surface area contributed by atoms with E-state index in [4.69, 9.17) is 0 Å². The van der Waals surface area contributed by atoms with Crippen molar-refractivity contribution < 1.29 is 4.70 Å². The van der Waals surface area contributed by atoms with Gasteiger partial charge in [0, 0.05) is 16.7 Å². The summed E-state index contributed by atoms with van der Waals surface area (Å²) in [6.45, 7) is 8.98. The minimum Gasteiger partial charge on any atom is -0.493 e. The molecule has 0 unspecified atom stereocenters. The molecule has 0 spiro atoms. The highest BCUT2D eigenvalue weighted by Crippen LogP contribution is 2.43. The van der Waals surface area contributed by atoms with Gasteiger partial charge in [-0.15, -0.1) is 0 Å². The van der Waals surface area contributed by atoms with Gasteiger partial charge in [0.1, 0.15) is 0 Å². The zero-order valence-corrected chi connectivity index (χ0v) is 30.9. The molecule has 0 saturated heterocycles. The SMILES string of the molecule is CCCCCCCCCCCCCCC=CC1=C(c2cccc(CCCCCCCC)c2)[N+](=[N-])C(c2cccc(C)c2)=C1CCCC. The van der Waals surface area contributed by atoms with Crippen LogP contribution >= 0.6 is 0 Å². The number of nitrogens with zero attached hydrogens (tertiary/aromatic N) is 2. The maximum atomic E-state index is 12.0. The maximum absolute atomic E-state index is 12.0. The van der Waals surface area contributed by atoms with Crippen LogP contribution in [0.4, 0.5) is 0 Å². The number of aryl methyl sites for hydroxylation is 2. The molecule has 2 aromatic rings. The lowest BCUT2D eigenvalue weighted by molar-refractivity contribution is -0.345. The molecule has 0 saturated carbocycles. The first-order valence-electron chi connectivity index (χ1n) is 19.9. The number of allylic oxidation sites excluding steroid dienone is 4. The Labute approximate surface area is 290 Å². The van der Waals surface area contributed by atoms with Crippen molar-refractivity contribution in [1.29, 1.82) is 0 Å². The molecule has 1 aliphatic rings. The number of hydrogen-bond acceptors (Lipinski definition) is 0. The summed E-state index contributed by atoms with van der Waals surface area (Å²) >= 11 is 0. The lowest BCUT2D eigenvalue weighted by Gasteiger charge is -2.11. The van der Waals surface area contributed by atoms with Crippen molar-refractivity contribution in [3.63, 3.8) is 0 Å². The molecule has 0 bridgehead atoms. The minimum atomic E-state index is 0.948. The highest BCUT2D eigenvalue weighted by atomic mass is 15.2. The summed E-state index contributed by atoms with van der Waals surface area (Å²) in [5.41, 5.74) is 21.2. The molecule has 258 valence electrons. The third-order valence-corrected chi connectivity index (χ3v) is 9.89. The Hall–Kier alpha value is -2.74. The Bertz CT molecular complexity index is 1280. The Morgan fingerprint density at radius 2 is 1.09 bits per heavy atom. The van der Waals surface area contributed by atoms with Gasteiger partial charge in [-0.2, -0.15) is 0 Å². The number of rotatable bonds is 26. The zero-order valence-electron chi connectivity index (χ0n) is 30.9. The van der Waals surface area contributed by atoms with Crippen molar-refractivity contribution in [1.82, 2.24) is 0 Å². The third-order valence-electron chi connectivity index (χ3n) is 9.89. The van der Waals surface area contributed by atoms with Crippen LogP contribution in [0.15, 0.2) is 71.8 Å². The van der Waals surface area contributed by atoms with Crippen LogP contribution in [0.3, 0.4) is 0 Å². The van der Waals surface area contributed by atoms with Gasteiger partial charge in [0.2, 0.25) is 11.4 Å². The highest BCUT2D eigenvalue weighted by Gasteiger charge is 2.34. The first kappa shape index (κ1) is 38.7. The Morgan fingerprint density at radius 1 is 0.553 bits per heavy atom. The second-order valence-electron chi connectivity index (χ2n) is 14.2. The molecule has 0 fully saturated rings. The second kappa shape index (κ2) is 23.6. The van der Waals surface area contributed by atoms with Crippen molar-refractivity contribution in [2.24, 2.45) is 0 Å². The first-order valence-corrected chi connectivity index (χ1v) is 19.9. The molecular formula is C45H68N2. The number of benzene rings is 2. The Balaban J connectivity index is 1.71. The summed E-state index contributed by atoms with van der Waals surface area (Å²) in [5, 5.41) is 0. The molecule has 1 aliphatic heterocycles. The van der Waals surface area contributed by atoms with E-state index in [1.807, 2.05) is 0 Å². The molecule has 47 heavy (non-hydrogen) atoms. The summed E-state index contributed by atoms with van der Waals surface area (Å²) in [5.74, 6) is 0. The van der Waals surface area contributed by atoms with Crippen LogP contribution < -0.4 is 0 Å². The van der Waals surface area contributed by atoms with E-state index in [0.717, 1.165) is 54.6 Å². The van der Waals surface area contributed by atoms with E-state index in [-0.39, 0.29) is 0 Å². The van der Waals surface area contributed by atoms with Gasteiger partial charge in [-0.05, 0) is 75.3 Å². The molecule has 2 heteroatoms. The van der Waals surface area contributed by atoms with E-state index < -0.39 is 0 Å². The van der Waals surface area contributed by atoms with Crippen LogP contribution in [-0.2, 0) is 6.42 Å². The van der Waals surface area contributed by atoms with Crippen LogP contribution in [0.25, 0.3) is 16.9 Å². The smallest absolute Gasteiger partial charge is 0.215 e. The molecule has 2 nitrogen and oxygen atoms in total. The topological polar surface area (TPSA) is 25.3 Å². The van der Waals surface area contributed by atoms with Crippen LogP contribution in [0.5, 0.6) is 0 Å². The molecule has 0 radical (unpaired) electrons. The van der Waals surface area contributed by atoms with Crippen molar-refractivity contribution in [2.75, 3.05) is 0 Å². The molecule has 0 amide bonds. The van der Waals surface area contributed by atoms with Gasteiger partial charge in [-0.3, -0.25) is 0 Å². The fraction of sp³-hybridized carbons (Fsp3) is 0.600. The molecule has 0 N–H and O–H groups in total. The van der Waals surface area contributed by atoms with Gasteiger partial charge in [0.05, 0.1) is 5.57 Å². The van der Waals surface area contributed by atoms with E-state index in [9.17, 15) is 5.53 Å². The van der Waals surface area contributed by atoms with Crippen molar-refractivity contribution in [2.45, 2.75) is 175 Å². The summed E-state index contributed by atoms with van der Waals surface area (Å²) in [6, 6.07) is 17.6. The average molecular weight is 637 g/mol. The summed E-state index contributed by atoms with van der Waals surface area (Å²) < 4.78 is 1.52. The molecule has 0 atom stereocenters. The van der Waals surface area contributed by atoms with Gasteiger partial charge in [0.25, 0.3) is 0 Å². The number of unbranched alkanes of at least 4 members (excludes halogenated alkanes) is 18. The van der Waals surface area contributed by atoms with Crippen LogP contribution in [-0.4, -0.2) is 4.70 Å². The lowest BCUT2D eigenvalue weighted by atomic mass is 9.94. The van der Waals surface area contributed by atoms with Gasteiger partial charge < -0.3 is 5.53 Å². The summed E-state index contributed by atoms with van der Waals surface area (Å²) in [6.07, 6.45) is 34.5. The molecule has 1 heterocycles. The Kier molecular flexibility index (Phi) is 19.4. The monoisotopic (exact) mass is 637 g/mol. The Morgan fingerprint density at radius 3 is 1.68 bits per heavy atom.